The maximum Gasteiger partial charge on any atom is 0.124 e. The number of hydrogen-bond acceptors (Lipinski definition) is 4. The van der Waals surface area contributed by atoms with Gasteiger partial charge >= 0.3 is 0 Å². The highest BCUT2D eigenvalue weighted by molar-refractivity contribution is 6.02. The first-order valence-corrected chi connectivity index (χ1v) is 6.78. The van der Waals surface area contributed by atoms with Crippen LogP contribution >= 0.6 is 0 Å². The number of aliphatic imine (C=N–C) groups is 1. The summed E-state index contributed by atoms with van der Waals surface area (Å²) < 4.78 is 0. The number of phenols is 1. The number of nitrogens with one attached hydrogen (secondary N) is 1. The van der Waals surface area contributed by atoms with Gasteiger partial charge < -0.3 is 15.5 Å². The maximum absolute atomic E-state index is 9.94. The summed E-state index contributed by atoms with van der Waals surface area (Å²) in [5.41, 5.74) is 0.749. The van der Waals surface area contributed by atoms with Gasteiger partial charge in [-0.05, 0) is 23.8 Å². The van der Waals surface area contributed by atoms with Gasteiger partial charge in [-0.25, -0.2) is 0 Å². The molecule has 0 heterocycles. The van der Waals surface area contributed by atoms with E-state index in [-0.39, 0.29) is 11.9 Å². The van der Waals surface area contributed by atoms with E-state index >= 15 is 0 Å². The molecule has 1 atom stereocenters. The van der Waals surface area contributed by atoms with Crippen LogP contribution in [0.1, 0.15) is 12.5 Å². The average Bonchev–Trinajstić information content (AvgIpc) is 2.44. The van der Waals surface area contributed by atoms with Gasteiger partial charge in [-0.1, -0.05) is 30.3 Å². The number of hydrogen-bond donors (Lipinski definition) is 3. The molecule has 0 amide bonds. The van der Waals surface area contributed by atoms with Crippen molar-refractivity contribution in [3.63, 3.8) is 0 Å². The van der Waals surface area contributed by atoms with E-state index < -0.39 is 0 Å². The smallest absolute Gasteiger partial charge is 0.124 e. The van der Waals surface area contributed by atoms with E-state index in [4.69, 9.17) is 5.11 Å². The summed E-state index contributed by atoms with van der Waals surface area (Å²) in [6.45, 7) is 3.61. The molecule has 0 saturated heterocycles. The summed E-state index contributed by atoms with van der Waals surface area (Å²) >= 11 is 0. The van der Waals surface area contributed by atoms with Gasteiger partial charge in [0.2, 0.25) is 0 Å². The van der Waals surface area contributed by atoms with Crippen LogP contribution in [0.25, 0.3) is 10.8 Å². The standard InChI is InChI=1S/C16H20N2O2/c1-12(19)10-17-8-9-18-11-15-14-5-3-2-4-13(14)6-7-16(15)20/h2-7,11-12,17,19-20H,8-10H2,1H3/t12-/m1/s1. The predicted octanol–water partition coefficient (Wildman–Crippen LogP) is 1.93. The van der Waals surface area contributed by atoms with Crippen LogP contribution < -0.4 is 5.32 Å². The van der Waals surface area contributed by atoms with Gasteiger partial charge in [0, 0.05) is 24.9 Å². The molecule has 0 aliphatic carbocycles. The highest BCUT2D eigenvalue weighted by Gasteiger charge is 2.03. The molecule has 0 radical (unpaired) electrons. The number of phenolic OH excluding ortho intramolecular Hbond substituents is 1. The summed E-state index contributed by atoms with van der Waals surface area (Å²) in [5, 5.41) is 24.2. The Hall–Kier alpha value is -1.91. The van der Waals surface area contributed by atoms with Gasteiger partial charge in [0.05, 0.1) is 12.6 Å². The van der Waals surface area contributed by atoms with Crippen LogP contribution in [0.15, 0.2) is 41.4 Å². The molecule has 0 fully saturated rings. The third-order valence-corrected chi connectivity index (χ3v) is 3.03. The first-order valence-electron chi connectivity index (χ1n) is 6.78. The lowest BCUT2D eigenvalue weighted by Gasteiger charge is -2.06. The highest BCUT2D eigenvalue weighted by atomic mass is 16.3. The van der Waals surface area contributed by atoms with Gasteiger partial charge in [0.25, 0.3) is 0 Å². The van der Waals surface area contributed by atoms with Crippen LogP contribution in [0.2, 0.25) is 0 Å². The molecule has 4 nitrogen and oxygen atoms in total. The molecule has 0 spiro atoms. The number of benzene rings is 2. The van der Waals surface area contributed by atoms with Crippen molar-refractivity contribution in [3.05, 3.63) is 42.0 Å². The summed E-state index contributed by atoms with van der Waals surface area (Å²) in [6, 6.07) is 11.5. The van der Waals surface area contributed by atoms with Gasteiger partial charge in [-0.15, -0.1) is 0 Å². The van der Waals surface area contributed by atoms with E-state index in [0.29, 0.717) is 19.6 Å². The number of aliphatic hydroxyl groups is 1. The van der Waals surface area contributed by atoms with Crippen LogP contribution in [-0.4, -0.2) is 42.2 Å². The molecule has 0 aliphatic heterocycles. The zero-order valence-corrected chi connectivity index (χ0v) is 11.6. The monoisotopic (exact) mass is 272 g/mol. The van der Waals surface area contributed by atoms with Crippen LogP contribution in [0, 0.1) is 0 Å². The van der Waals surface area contributed by atoms with E-state index in [1.54, 1.807) is 19.2 Å². The minimum absolute atomic E-state index is 0.240. The maximum atomic E-state index is 9.94. The molecular weight excluding hydrogens is 252 g/mol. The molecule has 3 N–H and O–H groups in total. The molecule has 2 aromatic carbocycles. The number of aromatic hydroxyl groups is 1. The molecule has 0 aromatic heterocycles. The molecule has 2 rings (SSSR count). The van der Waals surface area contributed by atoms with E-state index in [1.807, 2.05) is 30.3 Å². The lowest BCUT2D eigenvalue weighted by Crippen LogP contribution is -2.26. The van der Waals surface area contributed by atoms with Crippen molar-refractivity contribution in [2.24, 2.45) is 4.99 Å². The quantitative estimate of drug-likeness (QED) is 0.556. The first-order chi connectivity index (χ1) is 9.68. The third kappa shape index (κ3) is 3.79. The van der Waals surface area contributed by atoms with E-state index in [1.165, 1.54) is 0 Å². The number of aliphatic hydroxyl groups excluding tert-OH is 1. The second-order valence-corrected chi connectivity index (χ2v) is 4.81. The van der Waals surface area contributed by atoms with Gasteiger partial charge in [0.1, 0.15) is 5.75 Å². The van der Waals surface area contributed by atoms with Crippen LogP contribution in [-0.2, 0) is 0 Å². The fraction of sp³-hybridized carbons (Fsp3) is 0.312. The van der Waals surface area contributed by atoms with Crippen molar-refractivity contribution >= 4 is 17.0 Å². The zero-order valence-electron chi connectivity index (χ0n) is 11.6. The normalized spacial score (nSPS) is 13.1. The Labute approximate surface area is 118 Å². The Morgan fingerprint density at radius 2 is 2.05 bits per heavy atom. The van der Waals surface area contributed by atoms with Crippen molar-refractivity contribution in [1.82, 2.24) is 5.32 Å². The van der Waals surface area contributed by atoms with Crippen LogP contribution in [0.5, 0.6) is 5.75 Å². The SMILES string of the molecule is C[C@@H](O)CNCCN=Cc1c(O)ccc2ccccc12. The summed E-state index contributed by atoms with van der Waals surface area (Å²) in [5.74, 6) is 0.240. The van der Waals surface area contributed by atoms with Gasteiger partial charge in [-0.2, -0.15) is 0 Å². The first kappa shape index (κ1) is 14.5. The number of rotatable bonds is 6. The van der Waals surface area contributed by atoms with Gasteiger partial charge in [-0.3, -0.25) is 4.99 Å². The molecule has 2 aromatic rings. The Bertz CT molecular complexity index is 594. The Morgan fingerprint density at radius 1 is 1.25 bits per heavy atom. The second kappa shape index (κ2) is 7.03. The Morgan fingerprint density at radius 3 is 2.85 bits per heavy atom. The van der Waals surface area contributed by atoms with Crippen molar-refractivity contribution in [2.75, 3.05) is 19.6 Å². The zero-order chi connectivity index (χ0) is 14.4. The van der Waals surface area contributed by atoms with E-state index in [9.17, 15) is 5.11 Å². The molecular formula is C16H20N2O2. The number of nitrogens with zero attached hydrogens (tertiary/aromatic N) is 1. The summed E-state index contributed by atoms with van der Waals surface area (Å²) in [4.78, 5) is 4.32. The Kier molecular flexibility index (Phi) is 5.09. The second-order valence-electron chi connectivity index (χ2n) is 4.81. The van der Waals surface area contributed by atoms with Crippen LogP contribution in [0.3, 0.4) is 0 Å². The van der Waals surface area contributed by atoms with Crippen molar-refractivity contribution in [2.45, 2.75) is 13.0 Å². The van der Waals surface area contributed by atoms with Crippen LogP contribution in [0.4, 0.5) is 0 Å². The number of fused-ring (bicyclic) bond motifs is 1. The van der Waals surface area contributed by atoms with E-state index in [0.717, 1.165) is 16.3 Å². The lowest BCUT2D eigenvalue weighted by atomic mass is 10.0. The van der Waals surface area contributed by atoms with E-state index in [2.05, 4.69) is 10.3 Å². The molecule has 106 valence electrons. The summed E-state index contributed by atoms with van der Waals surface area (Å²) in [6.07, 6.45) is 1.36. The minimum atomic E-state index is -0.346. The summed E-state index contributed by atoms with van der Waals surface area (Å²) in [7, 11) is 0. The Balaban J connectivity index is 2.03. The molecule has 4 heteroatoms. The van der Waals surface area contributed by atoms with Crippen molar-refractivity contribution in [1.29, 1.82) is 0 Å². The molecule has 0 saturated carbocycles. The molecule has 0 aliphatic rings. The molecule has 0 bridgehead atoms. The predicted molar refractivity (Wildman–Crippen MR) is 82.6 cm³/mol. The highest BCUT2D eigenvalue weighted by Crippen LogP contribution is 2.25. The van der Waals surface area contributed by atoms with Crippen molar-refractivity contribution in [3.8, 4) is 5.75 Å². The lowest BCUT2D eigenvalue weighted by molar-refractivity contribution is 0.192. The topological polar surface area (TPSA) is 64.8 Å². The largest absolute Gasteiger partial charge is 0.507 e. The average molecular weight is 272 g/mol. The third-order valence-electron chi connectivity index (χ3n) is 3.03. The fourth-order valence-corrected chi connectivity index (χ4v) is 2.03. The fourth-order valence-electron chi connectivity index (χ4n) is 2.03. The minimum Gasteiger partial charge on any atom is -0.507 e. The van der Waals surface area contributed by atoms with Gasteiger partial charge in [0.15, 0.2) is 0 Å². The molecule has 0 unspecified atom stereocenters. The molecule has 20 heavy (non-hydrogen) atoms. The van der Waals surface area contributed by atoms with Crippen molar-refractivity contribution < 1.29 is 10.2 Å².